The molecule has 2 aliphatic heterocycles. The maximum Gasteiger partial charge on any atom is 0.216 e. The first kappa shape index (κ1) is 39.7. The van der Waals surface area contributed by atoms with Crippen LogP contribution in [0.3, 0.4) is 0 Å². The predicted octanol–water partition coefficient (Wildman–Crippen LogP) is 9.20. The second kappa shape index (κ2) is 25.3. The van der Waals surface area contributed by atoms with Gasteiger partial charge in [0.05, 0.1) is 19.3 Å². The second-order valence-electron chi connectivity index (χ2n) is 13.4. The van der Waals surface area contributed by atoms with E-state index in [4.69, 9.17) is 18.9 Å². The Hall–Kier alpha value is -2.74. The van der Waals surface area contributed by atoms with Crippen LogP contribution in [-0.4, -0.2) is 74.7 Å². The molecule has 7 heteroatoms. The Balaban J connectivity index is 0.000000260. The molecule has 4 atom stereocenters. The van der Waals surface area contributed by atoms with Gasteiger partial charge in [0.1, 0.15) is 25.3 Å². The zero-order valence-corrected chi connectivity index (χ0v) is 30.2. The first-order chi connectivity index (χ1) is 23.6. The number of hydrogen-bond acceptors (Lipinski definition) is 7. The summed E-state index contributed by atoms with van der Waals surface area (Å²) in [5, 5.41) is 9.96. The minimum Gasteiger partial charge on any atom is -0.475 e. The van der Waals surface area contributed by atoms with E-state index in [1.807, 2.05) is 60.7 Å². The highest BCUT2D eigenvalue weighted by molar-refractivity contribution is 5.95. The molecule has 0 aromatic heterocycles. The number of aliphatic hydroxyl groups is 1. The molecular formula is C41H64N2O5. The average molecular weight is 665 g/mol. The molecule has 0 unspecified atom stereocenters. The fourth-order valence-corrected chi connectivity index (χ4v) is 5.79. The van der Waals surface area contributed by atoms with Gasteiger partial charge in [0.2, 0.25) is 11.8 Å². The smallest absolute Gasteiger partial charge is 0.216 e. The third kappa shape index (κ3) is 17.1. The van der Waals surface area contributed by atoms with Crippen molar-refractivity contribution in [1.29, 1.82) is 0 Å². The first-order valence-electron chi connectivity index (χ1n) is 18.9. The van der Waals surface area contributed by atoms with Crippen LogP contribution in [0.5, 0.6) is 0 Å². The summed E-state index contributed by atoms with van der Waals surface area (Å²) in [5.74, 6) is 2.22. The number of benzene rings is 2. The van der Waals surface area contributed by atoms with E-state index in [0.717, 1.165) is 48.8 Å². The number of aliphatic imine (C=N–C) groups is 2. The highest BCUT2D eigenvalue weighted by atomic mass is 16.5. The van der Waals surface area contributed by atoms with Gasteiger partial charge < -0.3 is 24.1 Å². The van der Waals surface area contributed by atoms with Crippen LogP contribution in [-0.2, 0) is 18.9 Å². The van der Waals surface area contributed by atoms with E-state index < -0.39 is 0 Å². The van der Waals surface area contributed by atoms with E-state index in [1.54, 1.807) is 0 Å². The SMILES string of the molecule is CCCCCCC[C@@H](C)CCOC[C@@H]1COC(c2ccccc2)=N1.CCCCCCC[C@@H](O)CCOC[C@@H]1COC(c2ccccc2)=N1. The summed E-state index contributed by atoms with van der Waals surface area (Å²) in [6.07, 6.45) is 16.8. The molecule has 2 aromatic carbocycles. The molecule has 0 spiro atoms. The normalized spacial score (nSPS) is 18.2. The molecule has 0 fully saturated rings. The van der Waals surface area contributed by atoms with E-state index in [2.05, 4.69) is 30.8 Å². The Kier molecular flexibility index (Phi) is 20.9. The van der Waals surface area contributed by atoms with Gasteiger partial charge >= 0.3 is 0 Å². The standard InChI is InChI=1S/C21H33NO2.C20H31NO3/c1-3-4-5-6-8-11-18(2)14-15-23-16-20-17-24-21(22-20)19-12-9-7-10-13-19;1-2-3-4-5-9-12-19(22)13-14-23-15-18-16-24-20(21-18)17-10-7-6-8-11-17/h7,9-10,12-13,18,20H,3-6,8,11,14-17H2,1-2H3;6-8,10-11,18-19,22H,2-5,9,12-16H2,1H3/t18-,20-;18-,19-/m11/s1. The van der Waals surface area contributed by atoms with Gasteiger partial charge in [-0.2, -0.15) is 0 Å². The number of ether oxygens (including phenoxy) is 4. The molecule has 0 amide bonds. The molecule has 0 aliphatic carbocycles. The van der Waals surface area contributed by atoms with Crippen LogP contribution in [0.15, 0.2) is 70.6 Å². The van der Waals surface area contributed by atoms with Gasteiger partial charge in [-0.1, -0.05) is 128 Å². The molecule has 7 nitrogen and oxygen atoms in total. The molecule has 48 heavy (non-hydrogen) atoms. The third-order valence-electron chi connectivity index (χ3n) is 8.88. The number of rotatable bonds is 24. The topological polar surface area (TPSA) is 81.9 Å². The molecule has 2 heterocycles. The zero-order valence-electron chi connectivity index (χ0n) is 30.2. The molecule has 0 saturated heterocycles. The zero-order chi connectivity index (χ0) is 34.1. The molecular weight excluding hydrogens is 600 g/mol. The highest BCUT2D eigenvalue weighted by Gasteiger charge is 2.21. The van der Waals surface area contributed by atoms with E-state index >= 15 is 0 Å². The van der Waals surface area contributed by atoms with Crippen molar-refractivity contribution >= 4 is 11.8 Å². The van der Waals surface area contributed by atoms with E-state index in [-0.39, 0.29) is 18.2 Å². The van der Waals surface area contributed by atoms with E-state index in [0.29, 0.717) is 45.4 Å². The van der Waals surface area contributed by atoms with Crippen molar-refractivity contribution in [2.45, 2.75) is 129 Å². The lowest BCUT2D eigenvalue weighted by Crippen LogP contribution is -2.17. The molecule has 2 aromatic rings. The Morgan fingerprint density at radius 2 is 1.08 bits per heavy atom. The second-order valence-corrected chi connectivity index (χ2v) is 13.4. The third-order valence-corrected chi connectivity index (χ3v) is 8.88. The van der Waals surface area contributed by atoms with Gasteiger partial charge in [0.15, 0.2) is 0 Å². The summed E-state index contributed by atoms with van der Waals surface area (Å²) in [6.45, 7) is 10.7. The van der Waals surface area contributed by atoms with Crippen LogP contribution in [0.2, 0.25) is 0 Å². The molecule has 268 valence electrons. The minimum absolute atomic E-state index is 0.0615. The Labute approximate surface area is 291 Å². The molecule has 1 N–H and O–H groups in total. The van der Waals surface area contributed by atoms with Crippen LogP contribution >= 0.6 is 0 Å². The minimum atomic E-state index is -0.241. The fraction of sp³-hybridized carbons (Fsp3) is 0.659. The lowest BCUT2D eigenvalue weighted by atomic mass is 9.99. The van der Waals surface area contributed by atoms with Crippen molar-refractivity contribution in [3.8, 4) is 0 Å². The quantitative estimate of drug-likeness (QED) is 0.113. The Bertz CT molecular complexity index is 1040. The van der Waals surface area contributed by atoms with Crippen LogP contribution in [0, 0.1) is 5.92 Å². The van der Waals surface area contributed by atoms with Crippen molar-refractivity contribution in [2.24, 2.45) is 15.9 Å². The van der Waals surface area contributed by atoms with Crippen molar-refractivity contribution in [2.75, 3.05) is 39.6 Å². The highest BCUT2D eigenvalue weighted by Crippen LogP contribution is 2.16. The van der Waals surface area contributed by atoms with Crippen molar-refractivity contribution in [3.05, 3.63) is 71.8 Å². The Morgan fingerprint density at radius 1 is 0.625 bits per heavy atom. The van der Waals surface area contributed by atoms with Gasteiger partial charge in [-0.3, -0.25) is 0 Å². The van der Waals surface area contributed by atoms with Gasteiger partial charge in [0.25, 0.3) is 0 Å². The predicted molar refractivity (Wildman–Crippen MR) is 198 cm³/mol. The van der Waals surface area contributed by atoms with Crippen molar-refractivity contribution in [1.82, 2.24) is 0 Å². The van der Waals surface area contributed by atoms with Gasteiger partial charge in [-0.25, -0.2) is 9.98 Å². The first-order valence-corrected chi connectivity index (χ1v) is 18.9. The van der Waals surface area contributed by atoms with Crippen LogP contribution < -0.4 is 0 Å². The van der Waals surface area contributed by atoms with Crippen molar-refractivity contribution < 1.29 is 24.1 Å². The summed E-state index contributed by atoms with van der Waals surface area (Å²) in [5.41, 5.74) is 2.06. The van der Waals surface area contributed by atoms with Gasteiger partial charge in [-0.15, -0.1) is 0 Å². The van der Waals surface area contributed by atoms with E-state index in [9.17, 15) is 5.11 Å². The molecule has 0 bridgehead atoms. The average Bonchev–Trinajstić information content (AvgIpc) is 3.80. The Morgan fingerprint density at radius 3 is 1.58 bits per heavy atom. The molecule has 2 aliphatic rings. The number of hydrogen-bond donors (Lipinski definition) is 1. The van der Waals surface area contributed by atoms with E-state index in [1.165, 1.54) is 64.2 Å². The lowest BCUT2D eigenvalue weighted by molar-refractivity contribution is 0.0675. The van der Waals surface area contributed by atoms with Crippen LogP contribution in [0.4, 0.5) is 0 Å². The lowest BCUT2D eigenvalue weighted by Gasteiger charge is -2.12. The van der Waals surface area contributed by atoms with Gasteiger partial charge in [0, 0.05) is 24.3 Å². The number of unbranched alkanes of at least 4 members (excludes halogenated alkanes) is 8. The number of nitrogens with zero attached hydrogens (tertiary/aromatic N) is 2. The summed E-state index contributed by atoms with van der Waals surface area (Å²) in [6, 6.07) is 20.2. The maximum absolute atomic E-state index is 9.96. The summed E-state index contributed by atoms with van der Waals surface area (Å²) in [7, 11) is 0. The van der Waals surface area contributed by atoms with Crippen LogP contribution in [0.1, 0.15) is 122 Å². The summed E-state index contributed by atoms with van der Waals surface area (Å²) < 4.78 is 22.8. The van der Waals surface area contributed by atoms with Gasteiger partial charge in [-0.05, 0) is 49.4 Å². The molecule has 4 rings (SSSR count). The number of aliphatic hydroxyl groups excluding tert-OH is 1. The largest absolute Gasteiger partial charge is 0.475 e. The summed E-state index contributed by atoms with van der Waals surface area (Å²) >= 11 is 0. The van der Waals surface area contributed by atoms with Crippen LogP contribution in [0.25, 0.3) is 0 Å². The summed E-state index contributed by atoms with van der Waals surface area (Å²) in [4.78, 5) is 9.18. The maximum atomic E-state index is 9.96. The molecule has 0 saturated carbocycles. The fourth-order valence-electron chi connectivity index (χ4n) is 5.79. The monoisotopic (exact) mass is 664 g/mol. The van der Waals surface area contributed by atoms with Crippen molar-refractivity contribution in [3.63, 3.8) is 0 Å². The molecule has 0 radical (unpaired) electrons.